The maximum atomic E-state index is 13.7. The number of esters is 2. The molecule has 4 rings (SSSR count). The van der Waals surface area contributed by atoms with E-state index in [9.17, 15) is 28.8 Å². The van der Waals surface area contributed by atoms with Crippen LogP contribution in [0, 0.1) is 0 Å². The van der Waals surface area contributed by atoms with E-state index in [0.717, 1.165) is 38.5 Å². The van der Waals surface area contributed by atoms with Gasteiger partial charge in [0.25, 0.3) is 0 Å². The molecule has 0 bridgehead atoms. The monoisotopic (exact) mass is 706 g/mol. The van der Waals surface area contributed by atoms with Gasteiger partial charge in [-0.2, -0.15) is 0 Å². The summed E-state index contributed by atoms with van der Waals surface area (Å²) in [6, 6.07) is 23.9. The molecule has 0 aliphatic heterocycles. The van der Waals surface area contributed by atoms with Crippen LogP contribution in [0.25, 0.3) is 0 Å². The van der Waals surface area contributed by atoms with E-state index in [4.69, 9.17) is 19.2 Å². The number of ketones is 2. The summed E-state index contributed by atoms with van der Waals surface area (Å²) in [5, 5.41) is 0. The summed E-state index contributed by atoms with van der Waals surface area (Å²) in [6.07, 6.45) is 7.55. The zero-order chi connectivity index (χ0) is 37.3. The Balaban J connectivity index is 1.47. The van der Waals surface area contributed by atoms with Gasteiger partial charge < -0.3 is 9.47 Å². The number of carbonyl (C=O) groups excluding carboxylic acids is 6. The molecule has 52 heavy (non-hydrogen) atoms. The summed E-state index contributed by atoms with van der Waals surface area (Å²) in [5.74, 6) is -4.40. The van der Waals surface area contributed by atoms with Crippen molar-refractivity contribution in [1.82, 2.24) is 0 Å². The summed E-state index contributed by atoms with van der Waals surface area (Å²) in [7, 11) is 0. The number of carbonyl (C=O) groups is 6. The van der Waals surface area contributed by atoms with Crippen LogP contribution in [0.1, 0.15) is 131 Å². The van der Waals surface area contributed by atoms with E-state index in [1.165, 1.54) is 60.7 Å². The topological polar surface area (TPSA) is 139 Å². The lowest BCUT2D eigenvalue weighted by molar-refractivity contribution is -0.187. The second-order valence-electron chi connectivity index (χ2n) is 12.1. The molecule has 0 radical (unpaired) electrons. The van der Waals surface area contributed by atoms with Crippen LogP contribution in [-0.2, 0) is 19.4 Å². The predicted octanol–water partition coefficient (Wildman–Crippen LogP) is 8.83. The van der Waals surface area contributed by atoms with Gasteiger partial charge in [-0.3, -0.25) is 19.2 Å². The highest BCUT2D eigenvalue weighted by Gasteiger charge is 2.27. The maximum Gasteiger partial charge on any atom is 0.387 e. The van der Waals surface area contributed by atoms with Crippen LogP contribution in [0.4, 0.5) is 0 Å². The number of benzene rings is 4. The molecule has 0 aliphatic carbocycles. The van der Waals surface area contributed by atoms with Gasteiger partial charge in [-0.1, -0.05) is 113 Å². The molecule has 0 atom stereocenters. The first kappa shape index (κ1) is 38.9. The minimum absolute atomic E-state index is 0.0483. The highest BCUT2D eigenvalue weighted by molar-refractivity contribution is 6.17. The van der Waals surface area contributed by atoms with Gasteiger partial charge in [-0.25, -0.2) is 19.4 Å². The van der Waals surface area contributed by atoms with E-state index < -0.39 is 35.4 Å². The number of para-hydroxylation sites is 2. The molecule has 0 saturated carbocycles. The van der Waals surface area contributed by atoms with Crippen LogP contribution < -0.4 is 9.47 Å². The first-order valence-corrected chi connectivity index (χ1v) is 17.5. The molecule has 4 aromatic rings. The van der Waals surface area contributed by atoms with Crippen molar-refractivity contribution in [2.24, 2.45) is 0 Å². The van der Waals surface area contributed by atoms with Gasteiger partial charge in [0.2, 0.25) is 0 Å². The normalized spacial score (nSPS) is 10.6. The molecule has 0 heterocycles. The van der Waals surface area contributed by atoms with Crippen LogP contribution in [0.3, 0.4) is 0 Å². The second-order valence-corrected chi connectivity index (χ2v) is 12.1. The summed E-state index contributed by atoms with van der Waals surface area (Å²) in [6.45, 7) is 4.14. The van der Waals surface area contributed by atoms with Crippen molar-refractivity contribution in [3.05, 3.63) is 130 Å². The molecule has 4 aromatic carbocycles. The first-order chi connectivity index (χ1) is 25.2. The number of hydrogen-bond donors (Lipinski definition) is 0. The molecular weight excluding hydrogens is 664 g/mol. The Kier molecular flexibility index (Phi) is 15.0. The molecular formula is C42H42O10. The SMILES string of the molecule is CCCCCCC(=O)Oc1ccccc1C(=O)c1ccccc1C(=O)OOC(=O)c1ccccc1C(=O)c1ccccc1OC(=O)CCCCCC. The summed E-state index contributed by atoms with van der Waals surface area (Å²) < 4.78 is 11.0. The van der Waals surface area contributed by atoms with Crippen molar-refractivity contribution in [2.75, 3.05) is 0 Å². The first-order valence-electron chi connectivity index (χ1n) is 17.5. The zero-order valence-electron chi connectivity index (χ0n) is 29.4. The van der Waals surface area contributed by atoms with Crippen LogP contribution >= 0.6 is 0 Å². The average molecular weight is 707 g/mol. The molecule has 0 fully saturated rings. The Bertz CT molecular complexity index is 1760. The molecule has 0 spiro atoms. The van der Waals surface area contributed by atoms with E-state index >= 15 is 0 Å². The molecule has 0 amide bonds. The Morgan fingerprint density at radius 1 is 0.404 bits per heavy atom. The molecule has 0 aliphatic rings. The third-order valence-corrected chi connectivity index (χ3v) is 8.16. The fourth-order valence-corrected chi connectivity index (χ4v) is 5.40. The predicted molar refractivity (Wildman–Crippen MR) is 192 cm³/mol. The van der Waals surface area contributed by atoms with Crippen molar-refractivity contribution < 1.29 is 48.0 Å². The lowest BCUT2D eigenvalue weighted by atomic mass is 9.97. The smallest absolute Gasteiger partial charge is 0.387 e. The number of ether oxygens (including phenoxy) is 2. The van der Waals surface area contributed by atoms with Crippen molar-refractivity contribution in [2.45, 2.75) is 78.1 Å². The third-order valence-electron chi connectivity index (χ3n) is 8.16. The molecule has 0 unspecified atom stereocenters. The molecule has 0 saturated heterocycles. The average Bonchev–Trinajstić information content (AvgIpc) is 3.17. The van der Waals surface area contributed by atoms with E-state index in [1.807, 2.05) is 0 Å². The van der Waals surface area contributed by atoms with E-state index in [-0.39, 0.29) is 57.7 Å². The molecule has 0 aromatic heterocycles. The number of rotatable bonds is 18. The molecule has 0 N–H and O–H groups in total. The summed E-state index contributed by atoms with van der Waals surface area (Å²) >= 11 is 0. The highest BCUT2D eigenvalue weighted by atomic mass is 17.2. The van der Waals surface area contributed by atoms with Gasteiger partial charge in [-0.05, 0) is 49.2 Å². The number of unbranched alkanes of at least 4 members (excludes halogenated alkanes) is 6. The largest absolute Gasteiger partial charge is 0.426 e. The van der Waals surface area contributed by atoms with Gasteiger partial charge in [0.15, 0.2) is 11.6 Å². The quantitative estimate of drug-likeness (QED) is 0.0246. The molecule has 10 nitrogen and oxygen atoms in total. The Labute approximate surface area is 303 Å². The maximum absolute atomic E-state index is 13.7. The second kappa shape index (κ2) is 20.1. The van der Waals surface area contributed by atoms with E-state index in [2.05, 4.69) is 13.8 Å². The minimum Gasteiger partial charge on any atom is -0.426 e. The van der Waals surface area contributed by atoms with E-state index in [0.29, 0.717) is 12.8 Å². The third kappa shape index (κ3) is 10.8. The van der Waals surface area contributed by atoms with Crippen molar-refractivity contribution in [3.63, 3.8) is 0 Å². The standard InChI is InChI=1S/C42H42O10/c1-3-5-7-9-27-37(43)49-35-25-17-15-23-33(35)39(45)29-19-11-13-21-31(29)41(47)51-52-42(48)32-22-14-12-20-30(32)40(46)34-24-16-18-26-36(34)50-38(44)28-10-8-6-4-2/h11-26H,3-10,27-28H2,1-2H3. The summed E-state index contributed by atoms with van der Waals surface area (Å²) in [5.41, 5.74) is -0.483. The van der Waals surface area contributed by atoms with Gasteiger partial charge in [0.1, 0.15) is 11.5 Å². The minimum atomic E-state index is -1.15. The van der Waals surface area contributed by atoms with Crippen LogP contribution in [-0.4, -0.2) is 35.4 Å². The van der Waals surface area contributed by atoms with Gasteiger partial charge >= 0.3 is 23.9 Å². The van der Waals surface area contributed by atoms with Crippen molar-refractivity contribution in [1.29, 1.82) is 0 Å². The Morgan fingerprint density at radius 3 is 1.10 bits per heavy atom. The van der Waals surface area contributed by atoms with Gasteiger partial charge in [0, 0.05) is 24.0 Å². The van der Waals surface area contributed by atoms with Crippen LogP contribution in [0.5, 0.6) is 11.5 Å². The fourth-order valence-electron chi connectivity index (χ4n) is 5.40. The van der Waals surface area contributed by atoms with Gasteiger partial charge in [0.05, 0.1) is 22.3 Å². The Hall–Kier alpha value is -5.90. The van der Waals surface area contributed by atoms with Crippen molar-refractivity contribution >= 4 is 35.4 Å². The molecule has 270 valence electrons. The number of hydrogen-bond acceptors (Lipinski definition) is 10. The van der Waals surface area contributed by atoms with Crippen molar-refractivity contribution in [3.8, 4) is 11.5 Å². The zero-order valence-corrected chi connectivity index (χ0v) is 29.4. The Morgan fingerprint density at radius 2 is 0.731 bits per heavy atom. The van der Waals surface area contributed by atoms with Crippen LogP contribution in [0.15, 0.2) is 97.1 Å². The summed E-state index contributed by atoms with van der Waals surface area (Å²) in [4.78, 5) is 88.6. The van der Waals surface area contributed by atoms with Crippen LogP contribution in [0.2, 0.25) is 0 Å². The lowest BCUT2D eigenvalue weighted by Crippen LogP contribution is -2.18. The van der Waals surface area contributed by atoms with E-state index in [1.54, 1.807) is 36.4 Å². The van der Waals surface area contributed by atoms with Gasteiger partial charge in [-0.15, -0.1) is 0 Å². The fraction of sp³-hybridized carbons (Fsp3) is 0.286. The molecule has 10 heteroatoms. The lowest BCUT2D eigenvalue weighted by Gasteiger charge is -2.12. The highest BCUT2D eigenvalue weighted by Crippen LogP contribution is 2.26.